The summed E-state index contributed by atoms with van der Waals surface area (Å²) in [5.41, 5.74) is 1.61. The molecule has 0 bridgehead atoms. The third-order valence-corrected chi connectivity index (χ3v) is 3.21. The lowest BCUT2D eigenvalue weighted by atomic mass is 10.3. The highest BCUT2D eigenvalue weighted by Gasteiger charge is 2.01. The number of rotatable bonds is 8. The fourth-order valence-corrected chi connectivity index (χ4v) is 2.10. The molecule has 0 aliphatic carbocycles. The number of hydrogen-bond acceptors (Lipinski definition) is 6. The first-order valence-corrected chi connectivity index (χ1v) is 7.89. The van der Waals surface area contributed by atoms with Crippen molar-refractivity contribution in [2.75, 3.05) is 43.1 Å². The number of nitrogens with one attached hydrogen (secondary N) is 3. The highest BCUT2D eigenvalue weighted by Crippen LogP contribution is 2.17. The molecule has 2 aromatic rings. The predicted octanol–water partition coefficient (Wildman–Crippen LogP) is 2.54. The van der Waals surface area contributed by atoms with Gasteiger partial charge in [0.2, 0.25) is 11.9 Å². The summed E-state index contributed by atoms with van der Waals surface area (Å²) < 4.78 is 0. The van der Waals surface area contributed by atoms with Gasteiger partial charge >= 0.3 is 0 Å². The van der Waals surface area contributed by atoms with Crippen LogP contribution >= 0.6 is 0 Å². The number of nitrogens with zero attached hydrogens (tertiary/aromatic N) is 3. The molecule has 1 amide bonds. The average molecular weight is 328 g/mol. The van der Waals surface area contributed by atoms with Crippen LogP contribution in [0.3, 0.4) is 0 Å². The fourth-order valence-electron chi connectivity index (χ4n) is 2.10. The summed E-state index contributed by atoms with van der Waals surface area (Å²) in [7, 11) is 4.12. The number of benzene rings is 1. The van der Waals surface area contributed by atoms with E-state index in [9.17, 15) is 4.79 Å². The number of carbonyl (C=O) groups is 1. The van der Waals surface area contributed by atoms with Crippen LogP contribution in [-0.4, -0.2) is 48.0 Å². The smallest absolute Gasteiger partial charge is 0.229 e. The molecule has 7 nitrogen and oxygen atoms in total. The van der Waals surface area contributed by atoms with Gasteiger partial charge in [-0.3, -0.25) is 4.79 Å². The minimum absolute atomic E-state index is 0.0907. The Balaban J connectivity index is 1.90. The van der Waals surface area contributed by atoms with Crippen molar-refractivity contribution in [3.8, 4) is 0 Å². The zero-order valence-electron chi connectivity index (χ0n) is 14.3. The molecule has 2 rings (SSSR count). The van der Waals surface area contributed by atoms with E-state index in [1.54, 1.807) is 6.20 Å². The van der Waals surface area contributed by atoms with E-state index in [0.717, 1.165) is 36.7 Å². The van der Waals surface area contributed by atoms with Crippen molar-refractivity contribution in [3.05, 3.63) is 36.5 Å². The number of anilines is 4. The highest BCUT2D eigenvalue weighted by atomic mass is 16.1. The Morgan fingerprint density at radius 3 is 2.50 bits per heavy atom. The normalized spacial score (nSPS) is 10.5. The van der Waals surface area contributed by atoms with E-state index in [1.807, 2.05) is 30.3 Å². The summed E-state index contributed by atoms with van der Waals surface area (Å²) >= 11 is 0. The van der Waals surface area contributed by atoms with Gasteiger partial charge in [-0.2, -0.15) is 4.98 Å². The van der Waals surface area contributed by atoms with Crippen molar-refractivity contribution in [1.29, 1.82) is 0 Å². The lowest BCUT2D eigenvalue weighted by Gasteiger charge is -2.11. The zero-order chi connectivity index (χ0) is 17.4. The van der Waals surface area contributed by atoms with Gasteiger partial charge in [0.1, 0.15) is 5.82 Å². The lowest BCUT2D eigenvalue weighted by molar-refractivity contribution is -0.114. The SMILES string of the molecule is CC(=O)Nc1ccc(Nc2nccc(NCCCN(C)C)n2)cc1. The lowest BCUT2D eigenvalue weighted by Crippen LogP contribution is -2.16. The molecule has 0 unspecified atom stereocenters. The molecule has 0 saturated heterocycles. The van der Waals surface area contributed by atoms with Crippen molar-refractivity contribution >= 4 is 29.0 Å². The van der Waals surface area contributed by atoms with E-state index in [1.165, 1.54) is 6.92 Å². The van der Waals surface area contributed by atoms with Crippen molar-refractivity contribution in [3.63, 3.8) is 0 Å². The quantitative estimate of drug-likeness (QED) is 0.646. The molecule has 1 heterocycles. The zero-order valence-corrected chi connectivity index (χ0v) is 14.3. The number of amides is 1. The molecule has 0 aliphatic heterocycles. The van der Waals surface area contributed by atoms with Gasteiger partial charge < -0.3 is 20.9 Å². The van der Waals surface area contributed by atoms with Crippen LogP contribution in [-0.2, 0) is 4.79 Å². The second-order valence-corrected chi connectivity index (χ2v) is 5.73. The van der Waals surface area contributed by atoms with Gasteiger partial charge in [-0.25, -0.2) is 4.98 Å². The first-order valence-electron chi connectivity index (χ1n) is 7.89. The first kappa shape index (κ1) is 17.7. The monoisotopic (exact) mass is 328 g/mol. The van der Waals surface area contributed by atoms with Crippen LogP contribution in [0.25, 0.3) is 0 Å². The van der Waals surface area contributed by atoms with Gasteiger partial charge in [-0.05, 0) is 57.4 Å². The van der Waals surface area contributed by atoms with Crippen molar-refractivity contribution in [2.24, 2.45) is 0 Å². The second kappa shape index (κ2) is 8.83. The maximum atomic E-state index is 11.0. The molecule has 0 radical (unpaired) electrons. The molecule has 0 atom stereocenters. The molecular formula is C17H24N6O. The fraction of sp³-hybridized carbons (Fsp3) is 0.353. The molecule has 128 valence electrons. The number of carbonyl (C=O) groups excluding carboxylic acids is 1. The van der Waals surface area contributed by atoms with Gasteiger partial charge in [0, 0.05) is 31.0 Å². The summed E-state index contributed by atoms with van der Waals surface area (Å²) in [4.78, 5) is 21.8. The van der Waals surface area contributed by atoms with Gasteiger partial charge in [0.15, 0.2) is 0 Å². The maximum absolute atomic E-state index is 11.0. The summed E-state index contributed by atoms with van der Waals surface area (Å²) in [6.45, 7) is 3.38. The molecule has 0 fully saturated rings. The Labute approximate surface area is 142 Å². The average Bonchev–Trinajstić information content (AvgIpc) is 2.53. The highest BCUT2D eigenvalue weighted by molar-refractivity contribution is 5.88. The van der Waals surface area contributed by atoms with Crippen molar-refractivity contribution in [1.82, 2.24) is 14.9 Å². The van der Waals surface area contributed by atoms with E-state index in [0.29, 0.717) is 5.95 Å². The van der Waals surface area contributed by atoms with Gasteiger partial charge in [0.25, 0.3) is 0 Å². The van der Waals surface area contributed by atoms with Gasteiger partial charge in [0.05, 0.1) is 0 Å². The third-order valence-electron chi connectivity index (χ3n) is 3.21. The third kappa shape index (κ3) is 6.21. The Bertz CT molecular complexity index is 656. The van der Waals surface area contributed by atoms with Gasteiger partial charge in [-0.15, -0.1) is 0 Å². The molecule has 1 aromatic heterocycles. The number of aromatic nitrogens is 2. The molecule has 24 heavy (non-hydrogen) atoms. The van der Waals surface area contributed by atoms with Crippen LogP contribution in [0, 0.1) is 0 Å². The summed E-state index contributed by atoms with van der Waals surface area (Å²) in [6, 6.07) is 9.23. The van der Waals surface area contributed by atoms with E-state index in [4.69, 9.17) is 0 Å². The van der Waals surface area contributed by atoms with E-state index >= 15 is 0 Å². The molecule has 0 spiro atoms. The summed E-state index contributed by atoms with van der Waals surface area (Å²) in [5.74, 6) is 1.23. The molecule has 3 N–H and O–H groups in total. The van der Waals surface area contributed by atoms with E-state index in [-0.39, 0.29) is 5.91 Å². The van der Waals surface area contributed by atoms with Crippen LogP contribution in [0.5, 0.6) is 0 Å². The standard InChI is InChI=1S/C17H24N6O/c1-13(24)20-14-5-7-15(8-6-14)21-17-19-11-9-16(22-17)18-10-4-12-23(2)3/h5-9,11H,4,10,12H2,1-3H3,(H,20,24)(H2,18,19,21,22). The van der Waals surface area contributed by atoms with E-state index in [2.05, 4.69) is 44.9 Å². The van der Waals surface area contributed by atoms with Crippen molar-refractivity contribution < 1.29 is 4.79 Å². The van der Waals surface area contributed by atoms with Crippen molar-refractivity contribution in [2.45, 2.75) is 13.3 Å². The van der Waals surface area contributed by atoms with Crippen LogP contribution in [0.2, 0.25) is 0 Å². The predicted molar refractivity (Wildman–Crippen MR) is 97.7 cm³/mol. The maximum Gasteiger partial charge on any atom is 0.229 e. The number of hydrogen-bond donors (Lipinski definition) is 3. The molecular weight excluding hydrogens is 304 g/mol. The molecule has 7 heteroatoms. The Hall–Kier alpha value is -2.67. The largest absolute Gasteiger partial charge is 0.370 e. The van der Waals surface area contributed by atoms with Gasteiger partial charge in [-0.1, -0.05) is 0 Å². The Morgan fingerprint density at radius 2 is 1.83 bits per heavy atom. The minimum atomic E-state index is -0.0907. The molecule has 1 aromatic carbocycles. The minimum Gasteiger partial charge on any atom is -0.370 e. The van der Waals surface area contributed by atoms with Crippen LogP contribution in [0.4, 0.5) is 23.1 Å². The van der Waals surface area contributed by atoms with Crippen LogP contribution in [0.1, 0.15) is 13.3 Å². The summed E-state index contributed by atoms with van der Waals surface area (Å²) in [6.07, 6.45) is 2.76. The first-order chi connectivity index (χ1) is 11.5. The topological polar surface area (TPSA) is 82.2 Å². The van der Waals surface area contributed by atoms with Crippen LogP contribution in [0.15, 0.2) is 36.5 Å². The Kier molecular flexibility index (Phi) is 6.51. The summed E-state index contributed by atoms with van der Waals surface area (Å²) in [5, 5.41) is 9.17. The van der Waals surface area contributed by atoms with E-state index < -0.39 is 0 Å². The molecule has 0 aliphatic rings. The van der Waals surface area contributed by atoms with Crippen LogP contribution < -0.4 is 16.0 Å². The Morgan fingerprint density at radius 1 is 1.12 bits per heavy atom. The second-order valence-electron chi connectivity index (χ2n) is 5.73. The molecule has 0 saturated carbocycles.